The molecule has 0 aliphatic carbocycles. The number of hydrogen-bond donors (Lipinski definition) is 0. The summed E-state index contributed by atoms with van der Waals surface area (Å²) in [4.78, 5) is 0. The number of aromatic nitrogens is 2. The van der Waals surface area contributed by atoms with Gasteiger partial charge in [0.25, 0.3) is 0 Å². The highest BCUT2D eigenvalue weighted by Gasteiger charge is 2.10. The molecule has 2 aromatic rings. The Labute approximate surface area is 101 Å². The summed E-state index contributed by atoms with van der Waals surface area (Å²) in [6, 6.07) is 6.32. The molecule has 0 N–H and O–H groups in total. The molecule has 0 amide bonds. The van der Waals surface area contributed by atoms with Crippen molar-refractivity contribution in [1.29, 1.82) is 0 Å². The molecule has 0 aliphatic rings. The van der Waals surface area contributed by atoms with E-state index in [1.54, 1.807) is 4.68 Å². The van der Waals surface area contributed by atoms with Crippen LogP contribution in [0.3, 0.4) is 0 Å². The van der Waals surface area contributed by atoms with Crippen LogP contribution in [0.4, 0.5) is 0 Å². The van der Waals surface area contributed by atoms with Gasteiger partial charge in [0.15, 0.2) is 0 Å². The molecule has 0 saturated heterocycles. The van der Waals surface area contributed by atoms with E-state index in [9.17, 15) is 0 Å². The van der Waals surface area contributed by atoms with Gasteiger partial charge in [-0.15, -0.1) is 0 Å². The molecule has 1 heterocycles. The van der Waals surface area contributed by atoms with Gasteiger partial charge in [-0.25, -0.2) is 4.68 Å². The summed E-state index contributed by atoms with van der Waals surface area (Å²) >= 11 is 6.25. The first-order valence-electron chi connectivity index (χ1n) is 5.29. The predicted octanol–water partition coefficient (Wildman–Crippen LogP) is 3.76. The van der Waals surface area contributed by atoms with E-state index in [0.717, 1.165) is 16.9 Å². The number of rotatable bonds is 1. The Kier molecular flexibility index (Phi) is 2.76. The van der Waals surface area contributed by atoms with Gasteiger partial charge in [-0.1, -0.05) is 17.7 Å². The molecule has 0 saturated carbocycles. The third-order valence-corrected chi connectivity index (χ3v) is 3.18. The van der Waals surface area contributed by atoms with Crippen molar-refractivity contribution in [3.05, 3.63) is 45.7 Å². The third-order valence-electron chi connectivity index (χ3n) is 2.74. The van der Waals surface area contributed by atoms with Crippen LogP contribution in [0.25, 0.3) is 5.69 Å². The molecule has 84 valence electrons. The van der Waals surface area contributed by atoms with Gasteiger partial charge in [-0.05, 0) is 51.0 Å². The molecular formula is C13H15ClN2. The molecular weight excluding hydrogens is 220 g/mol. The monoisotopic (exact) mass is 234 g/mol. The van der Waals surface area contributed by atoms with Crippen LogP contribution in [0.5, 0.6) is 0 Å². The number of benzene rings is 1. The molecule has 0 fully saturated rings. The zero-order valence-corrected chi connectivity index (χ0v) is 10.8. The van der Waals surface area contributed by atoms with E-state index in [2.05, 4.69) is 37.1 Å². The minimum absolute atomic E-state index is 0.697. The Balaban J connectivity index is 2.62. The van der Waals surface area contributed by atoms with Crippen molar-refractivity contribution < 1.29 is 0 Å². The van der Waals surface area contributed by atoms with Crippen LogP contribution in [0.1, 0.15) is 22.4 Å². The van der Waals surface area contributed by atoms with Crippen molar-refractivity contribution in [2.24, 2.45) is 0 Å². The molecule has 0 unspecified atom stereocenters. The van der Waals surface area contributed by atoms with Crippen LogP contribution in [-0.2, 0) is 0 Å². The zero-order valence-electron chi connectivity index (χ0n) is 10.0. The standard InChI is InChI=1S/C13H15ClN2/c1-8-5-9(2)7-12(6-8)16-13(14)10(3)11(4)15-16/h5-7H,1-4H3. The van der Waals surface area contributed by atoms with Crippen molar-refractivity contribution in [3.8, 4) is 5.69 Å². The normalized spacial score (nSPS) is 10.8. The minimum Gasteiger partial charge on any atom is -0.222 e. The van der Waals surface area contributed by atoms with Crippen molar-refractivity contribution in [2.75, 3.05) is 0 Å². The Hall–Kier alpha value is -1.28. The number of halogens is 1. The fraction of sp³-hybridized carbons (Fsp3) is 0.308. The second-order valence-corrected chi connectivity index (χ2v) is 4.62. The minimum atomic E-state index is 0.697. The largest absolute Gasteiger partial charge is 0.222 e. The molecule has 3 heteroatoms. The Bertz CT molecular complexity index is 521. The highest BCUT2D eigenvalue weighted by molar-refractivity contribution is 6.30. The number of nitrogens with zero attached hydrogens (tertiary/aromatic N) is 2. The van der Waals surface area contributed by atoms with Crippen molar-refractivity contribution in [1.82, 2.24) is 9.78 Å². The third kappa shape index (κ3) is 1.85. The van der Waals surface area contributed by atoms with E-state index < -0.39 is 0 Å². The van der Waals surface area contributed by atoms with Crippen molar-refractivity contribution >= 4 is 11.6 Å². The fourth-order valence-corrected chi connectivity index (χ4v) is 2.09. The van der Waals surface area contributed by atoms with Gasteiger partial charge in [0.1, 0.15) is 5.15 Å². The lowest BCUT2D eigenvalue weighted by Crippen LogP contribution is -1.98. The molecule has 2 rings (SSSR count). The Morgan fingerprint density at radius 1 is 1.00 bits per heavy atom. The van der Waals surface area contributed by atoms with E-state index in [1.807, 2.05) is 13.8 Å². The average molecular weight is 235 g/mol. The maximum atomic E-state index is 6.25. The van der Waals surface area contributed by atoms with Gasteiger partial charge in [0, 0.05) is 5.56 Å². The average Bonchev–Trinajstić information content (AvgIpc) is 2.44. The van der Waals surface area contributed by atoms with E-state index in [4.69, 9.17) is 11.6 Å². The summed E-state index contributed by atoms with van der Waals surface area (Å²) < 4.78 is 1.80. The maximum absolute atomic E-state index is 6.25. The second-order valence-electron chi connectivity index (χ2n) is 4.26. The molecule has 0 radical (unpaired) electrons. The van der Waals surface area contributed by atoms with Gasteiger partial charge >= 0.3 is 0 Å². The first-order chi connectivity index (χ1) is 7.49. The van der Waals surface area contributed by atoms with Crippen molar-refractivity contribution in [3.63, 3.8) is 0 Å². The predicted molar refractivity (Wildman–Crippen MR) is 67.5 cm³/mol. The maximum Gasteiger partial charge on any atom is 0.136 e. The summed E-state index contributed by atoms with van der Waals surface area (Å²) in [6.07, 6.45) is 0. The summed E-state index contributed by atoms with van der Waals surface area (Å²) in [7, 11) is 0. The first-order valence-corrected chi connectivity index (χ1v) is 5.67. The lowest BCUT2D eigenvalue weighted by Gasteiger charge is -2.06. The second kappa shape index (κ2) is 3.95. The van der Waals surface area contributed by atoms with E-state index >= 15 is 0 Å². The van der Waals surface area contributed by atoms with Crippen LogP contribution < -0.4 is 0 Å². The number of hydrogen-bond acceptors (Lipinski definition) is 1. The summed E-state index contributed by atoms with van der Waals surface area (Å²) in [5, 5.41) is 5.14. The molecule has 0 atom stereocenters. The number of aryl methyl sites for hydroxylation is 3. The zero-order chi connectivity index (χ0) is 11.9. The van der Waals surface area contributed by atoms with Gasteiger partial charge in [-0.2, -0.15) is 5.10 Å². The van der Waals surface area contributed by atoms with Gasteiger partial charge in [0.2, 0.25) is 0 Å². The summed E-state index contributed by atoms with van der Waals surface area (Å²) in [5.41, 5.74) is 5.48. The molecule has 0 spiro atoms. The van der Waals surface area contributed by atoms with Crippen LogP contribution in [-0.4, -0.2) is 9.78 Å². The van der Waals surface area contributed by atoms with Gasteiger partial charge in [0.05, 0.1) is 11.4 Å². The van der Waals surface area contributed by atoms with Crippen LogP contribution >= 0.6 is 11.6 Å². The van der Waals surface area contributed by atoms with Crippen LogP contribution in [0.2, 0.25) is 5.15 Å². The highest BCUT2D eigenvalue weighted by atomic mass is 35.5. The van der Waals surface area contributed by atoms with Gasteiger partial charge < -0.3 is 0 Å². The lowest BCUT2D eigenvalue weighted by atomic mass is 10.1. The summed E-state index contributed by atoms with van der Waals surface area (Å²) in [5.74, 6) is 0. The highest BCUT2D eigenvalue weighted by Crippen LogP contribution is 2.23. The van der Waals surface area contributed by atoms with Crippen LogP contribution in [0.15, 0.2) is 18.2 Å². The molecule has 0 aliphatic heterocycles. The topological polar surface area (TPSA) is 17.8 Å². The molecule has 1 aromatic carbocycles. The molecule has 2 nitrogen and oxygen atoms in total. The van der Waals surface area contributed by atoms with E-state index in [-0.39, 0.29) is 0 Å². The summed E-state index contributed by atoms with van der Waals surface area (Å²) in [6.45, 7) is 8.12. The Morgan fingerprint density at radius 2 is 1.56 bits per heavy atom. The van der Waals surface area contributed by atoms with Crippen LogP contribution in [0, 0.1) is 27.7 Å². The van der Waals surface area contributed by atoms with Gasteiger partial charge in [-0.3, -0.25) is 0 Å². The SMILES string of the molecule is Cc1cc(C)cc(-n2nc(C)c(C)c2Cl)c1. The fourth-order valence-electron chi connectivity index (χ4n) is 1.82. The van der Waals surface area contributed by atoms with E-state index in [0.29, 0.717) is 5.15 Å². The van der Waals surface area contributed by atoms with Crippen molar-refractivity contribution in [2.45, 2.75) is 27.7 Å². The first kappa shape index (κ1) is 11.2. The smallest absolute Gasteiger partial charge is 0.136 e. The molecule has 1 aromatic heterocycles. The quantitative estimate of drug-likeness (QED) is 0.735. The van der Waals surface area contributed by atoms with E-state index in [1.165, 1.54) is 11.1 Å². The lowest BCUT2D eigenvalue weighted by molar-refractivity contribution is 0.861. The molecule has 16 heavy (non-hydrogen) atoms. The Morgan fingerprint density at radius 3 is 2.00 bits per heavy atom. The molecule has 0 bridgehead atoms.